The summed E-state index contributed by atoms with van der Waals surface area (Å²) in [5, 5.41) is 6.09. The molecule has 1 aliphatic rings. The van der Waals surface area contributed by atoms with Crippen LogP contribution in [0.3, 0.4) is 0 Å². The molecule has 28 heavy (non-hydrogen) atoms. The van der Waals surface area contributed by atoms with Crippen LogP contribution in [0.2, 0.25) is 0 Å². The summed E-state index contributed by atoms with van der Waals surface area (Å²) >= 11 is 0. The van der Waals surface area contributed by atoms with E-state index in [1.165, 1.54) is 0 Å². The fourth-order valence-corrected chi connectivity index (χ4v) is 3.40. The van der Waals surface area contributed by atoms with Crippen LogP contribution in [0.4, 0.5) is 10.6 Å². The molecular formula is C22H30N4O2. The molecule has 2 aromatic rings. The first-order valence-electron chi connectivity index (χ1n) is 10.1. The second kappa shape index (κ2) is 10.7. The van der Waals surface area contributed by atoms with Crippen LogP contribution in [0.15, 0.2) is 48.7 Å². The van der Waals surface area contributed by atoms with Crippen molar-refractivity contribution in [2.45, 2.75) is 45.4 Å². The Morgan fingerprint density at radius 3 is 2.61 bits per heavy atom. The molecule has 150 valence electrons. The van der Waals surface area contributed by atoms with Crippen molar-refractivity contribution in [2.75, 3.05) is 24.6 Å². The first kappa shape index (κ1) is 20.1. The number of hydrogen-bond donors (Lipinski definition) is 2. The number of carbonyl (C=O) groups excluding carboxylic acids is 1. The van der Waals surface area contributed by atoms with E-state index in [0.717, 1.165) is 55.9 Å². The SMILES string of the molecule is CCCOCc1ccccc1CNC(=O)NC1CCN(c2ccccn2)CC1. The second-order valence-electron chi connectivity index (χ2n) is 7.10. The Balaban J connectivity index is 1.42. The maximum Gasteiger partial charge on any atom is 0.315 e. The number of pyridine rings is 1. The van der Waals surface area contributed by atoms with Crippen LogP contribution in [0.25, 0.3) is 0 Å². The quantitative estimate of drug-likeness (QED) is 0.686. The van der Waals surface area contributed by atoms with E-state index in [1.807, 2.05) is 42.6 Å². The third-order valence-electron chi connectivity index (χ3n) is 4.97. The molecule has 3 rings (SSSR count). The van der Waals surface area contributed by atoms with Crippen LogP contribution >= 0.6 is 0 Å². The van der Waals surface area contributed by atoms with E-state index in [-0.39, 0.29) is 12.1 Å². The first-order valence-corrected chi connectivity index (χ1v) is 10.1. The van der Waals surface area contributed by atoms with Crippen LogP contribution < -0.4 is 15.5 Å². The van der Waals surface area contributed by atoms with Crippen molar-refractivity contribution in [1.82, 2.24) is 15.6 Å². The Bertz CT molecular complexity index is 730. The first-order chi connectivity index (χ1) is 13.8. The number of rotatable bonds is 8. The van der Waals surface area contributed by atoms with Crippen molar-refractivity contribution in [2.24, 2.45) is 0 Å². The molecule has 0 unspecified atom stereocenters. The molecule has 2 N–H and O–H groups in total. The number of benzene rings is 1. The Morgan fingerprint density at radius 2 is 1.89 bits per heavy atom. The second-order valence-corrected chi connectivity index (χ2v) is 7.10. The molecule has 1 aromatic heterocycles. The summed E-state index contributed by atoms with van der Waals surface area (Å²) in [5.41, 5.74) is 2.22. The molecule has 6 heteroatoms. The predicted molar refractivity (Wildman–Crippen MR) is 111 cm³/mol. The van der Waals surface area contributed by atoms with Gasteiger partial charge >= 0.3 is 6.03 Å². The lowest BCUT2D eigenvalue weighted by molar-refractivity contribution is 0.121. The Labute approximate surface area is 167 Å². The molecule has 6 nitrogen and oxygen atoms in total. The van der Waals surface area contributed by atoms with Crippen molar-refractivity contribution in [3.05, 3.63) is 59.8 Å². The maximum absolute atomic E-state index is 12.3. The summed E-state index contributed by atoms with van der Waals surface area (Å²) in [6.07, 6.45) is 4.66. The molecule has 0 spiro atoms. The lowest BCUT2D eigenvalue weighted by Gasteiger charge is -2.33. The standard InChI is InChI=1S/C22H30N4O2/c1-2-15-28-17-19-8-4-3-7-18(19)16-24-22(27)25-20-10-13-26(14-11-20)21-9-5-6-12-23-21/h3-9,12,20H,2,10-11,13-17H2,1H3,(H2,24,25,27). The van der Waals surface area contributed by atoms with Crippen LogP contribution in [0.5, 0.6) is 0 Å². The minimum atomic E-state index is -0.111. The summed E-state index contributed by atoms with van der Waals surface area (Å²) in [6, 6.07) is 14.1. The van der Waals surface area contributed by atoms with Gasteiger partial charge in [0.2, 0.25) is 0 Å². The molecule has 1 aromatic carbocycles. The van der Waals surface area contributed by atoms with E-state index in [1.54, 1.807) is 0 Å². The predicted octanol–water partition coefficient (Wildman–Crippen LogP) is 3.48. The number of nitrogens with one attached hydrogen (secondary N) is 2. The summed E-state index contributed by atoms with van der Waals surface area (Å²) in [7, 11) is 0. The Kier molecular flexibility index (Phi) is 7.67. The molecule has 0 bridgehead atoms. The highest BCUT2D eigenvalue weighted by atomic mass is 16.5. The van der Waals surface area contributed by atoms with Crippen molar-refractivity contribution < 1.29 is 9.53 Å². The van der Waals surface area contributed by atoms with Gasteiger partial charge in [-0.1, -0.05) is 37.3 Å². The minimum absolute atomic E-state index is 0.111. The number of anilines is 1. The zero-order chi connectivity index (χ0) is 19.6. The number of nitrogens with zero attached hydrogens (tertiary/aromatic N) is 2. The fraction of sp³-hybridized carbons (Fsp3) is 0.455. The maximum atomic E-state index is 12.3. The number of hydrogen-bond acceptors (Lipinski definition) is 4. The van der Waals surface area contributed by atoms with Gasteiger partial charge < -0.3 is 20.3 Å². The third kappa shape index (κ3) is 5.96. The number of piperidine rings is 1. The van der Waals surface area contributed by atoms with E-state index in [9.17, 15) is 4.79 Å². The summed E-state index contributed by atoms with van der Waals surface area (Å²) in [6.45, 7) is 5.74. The van der Waals surface area contributed by atoms with Crippen molar-refractivity contribution in [3.63, 3.8) is 0 Å². The highest BCUT2D eigenvalue weighted by molar-refractivity contribution is 5.74. The van der Waals surface area contributed by atoms with Crippen LogP contribution in [0, 0.1) is 0 Å². The molecule has 2 heterocycles. The number of amides is 2. The van der Waals surface area contributed by atoms with Gasteiger partial charge in [0.15, 0.2) is 0 Å². The lowest BCUT2D eigenvalue weighted by Crippen LogP contribution is -2.48. The van der Waals surface area contributed by atoms with Gasteiger partial charge in [-0.05, 0) is 42.5 Å². The highest BCUT2D eigenvalue weighted by Gasteiger charge is 2.21. The number of urea groups is 1. The molecular weight excluding hydrogens is 352 g/mol. The van der Waals surface area contributed by atoms with Crippen LogP contribution in [-0.4, -0.2) is 36.8 Å². The summed E-state index contributed by atoms with van der Waals surface area (Å²) < 4.78 is 5.65. The van der Waals surface area contributed by atoms with Crippen LogP contribution in [0.1, 0.15) is 37.3 Å². The molecule has 2 amide bonds. The van der Waals surface area contributed by atoms with Crippen LogP contribution in [-0.2, 0) is 17.9 Å². The average molecular weight is 383 g/mol. The monoisotopic (exact) mass is 382 g/mol. The average Bonchev–Trinajstić information content (AvgIpc) is 2.74. The summed E-state index contributed by atoms with van der Waals surface area (Å²) in [4.78, 5) is 19.0. The van der Waals surface area contributed by atoms with E-state index in [0.29, 0.717) is 13.2 Å². The molecule has 0 radical (unpaired) electrons. The van der Waals surface area contributed by atoms with E-state index < -0.39 is 0 Å². The lowest BCUT2D eigenvalue weighted by atomic mass is 10.1. The largest absolute Gasteiger partial charge is 0.377 e. The van der Waals surface area contributed by atoms with Crippen molar-refractivity contribution in [1.29, 1.82) is 0 Å². The van der Waals surface area contributed by atoms with Gasteiger partial charge in [0.1, 0.15) is 5.82 Å². The van der Waals surface area contributed by atoms with Gasteiger partial charge in [-0.3, -0.25) is 0 Å². The van der Waals surface area contributed by atoms with Gasteiger partial charge in [0.05, 0.1) is 6.61 Å². The van der Waals surface area contributed by atoms with E-state index >= 15 is 0 Å². The zero-order valence-corrected chi connectivity index (χ0v) is 16.6. The Morgan fingerprint density at radius 1 is 1.14 bits per heavy atom. The smallest absolute Gasteiger partial charge is 0.315 e. The van der Waals surface area contributed by atoms with Gasteiger partial charge in [-0.2, -0.15) is 0 Å². The van der Waals surface area contributed by atoms with E-state index in [4.69, 9.17) is 4.74 Å². The molecule has 1 saturated heterocycles. The van der Waals surface area contributed by atoms with Crippen molar-refractivity contribution in [3.8, 4) is 0 Å². The zero-order valence-electron chi connectivity index (χ0n) is 16.6. The number of ether oxygens (including phenoxy) is 1. The summed E-state index contributed by atoms with van der Waals surface area (Å²) in [5.74, 6) is 1.01. The Hall–Kier alpha value is -2.60. The van der Waals surface area contributed by atoms with Gasteiger partial charge in [-0.25, -0.2) is 9.78 Å². The molecule has 1 fully saturated rings. The fourth-order valence-electron chi connectivity index (χ4n) is 3.40. The molecule has 0 saturated carbocycles. The van der Waals surface area contributed by atoms with Crippen molar-refractivity contribution >= 4 is 11.8 Å². The van der Waals surface area contributed by atoms with Gasteiger partial charge in [0, 0.05) is 38.5 Å². The van der Waals surface area contributed by atoms with Gasteiger partial charge in [0.25, 0.3) is 0 Å². The molecule has 0 atom stereocenters. The number of aromatic nitrogens is 1. The van der Waals surface area contributed by atoms with Gasteiger partial charge in [-0.15, -0.1) is 0 Å². The normalized spacial score (nSPS) is 14.7. The molecule has 1 aliphatic heterocycles. The third-order valence-corrected chi connectivity index (χ3v) is 4.97. The van der Waals surface area contributed by atoms with E-state index in [2.05, 4.69) is 33.5 Å². The topological polar surface area (TPSA) is 66.5 Å². The minimum Gasteiger partial charge on any atom is -0.377 e. The number of carbonyl (C=O) groups is 1. The highest BCUT2D eigenvalue weighted by Crippen LogP contribution is 2.17. The molecule has 0 aliphatic carbocycles.